The number of nitrogens with zero attached hydrogens (tertiary/aromatic N) is 1. The summed E-state index contributed by atoms with van der Waals surface area (Å²) in [6.07, 6.45) is 9.02. The molecule has 2 N–H and O–H groups in total. The van der Waals surface area contributed by atoms with Crippen molar-refractivity contribution in [3.63, 3.8) is 0 Å². The van der Waals surface area contributed by atoms with E-state index >= 15 is 0 Å². The smallest absolute Gasteiger partial charge is 0.0697 e. The van der Waals surface area contributed by atoms with Crippen LogP contribution >= 0.6 is 0 Å². The van der Waals surface area contributed by atoms with Crippen molar-refractivity contribution in [2.24, 2.45) is 5.73 Å². The Kier molecular flexibility index (Phi) is 4.45. The summed E-state index contributed by atoms with van der Waals surface area (Å²) >= 11 is 0. The number of hydrogen-bond acceptors (Lipinski definition) is 3. The van der Waals surface area contributed by atoms with Crippen molar-refractivity contribution in [1.29, 1.82) is 0 Å². The lowest BCUT2D eigenvalue weighted by Crippen LogP contribution is -2.51. The summed E-state index contributed by atoms with van der Waals surface area (Å²) in [5.41, 5.74) is 5.99. The third kappa shape index (κ3) is 3.01. The molecule has 2 unspecified atom stereocenters. The second-order valence-corrected chi connectivity index (χ2v) is 5.99. The Hall–Kier alpha value is -0.120. The fourth-order valence-corrected chi connectivity index (χ4v) is 3.42. The van der Waals surface area contributed by atoms with Crippen molar-refractivity contribution in [2.75, 3.05) is 20.2 Å². The molecule has 1 saturated heterocycles. The van der Waals surface area contributed by atoms with E-state index in [4.69, 9.17) is 10.5 Å². The molecule has 1 aliphatic carbocycles. The zero-order valence-corrected chi connectivity index (χ0v) is 11.5. The molecule has 2 atom stereocenters. The second-order valence-electron chi connectivity index (χ2n) is 5.99. The highest BCUT2D eigenvalue weighted by atomic mass is 16.5. The summed E-state index contributed by atoms with van der Waals surface area (Å²) in [5.74, 6) is 0. The molecule has 1 saturated carbocycles. The van der Waals surface area contributed by atoms with Crippen LogP contribution in [0.4, 0.5) is 0 Å². The maximum absolute atomic E-state index is 6.14. The first kappa shape index (κ1) is 13.3. The third-order valence-corrected chi connectivity index (χ3v) is 4.84. The molecule has 0 radical (unpaired) electrons. The van der Waals surface area contributed by atoms with Gasteiger partial charge in [-0.3, -0.25) is 4.90 Å². The van der Waals surface area contributed by atoms with E-state index in [0.717, 1.165) is 13.2 Å². The van der Waals surface area contributed by atoms with Gasteiger partial charge in [-0.25, -0.2) is 0 Å². The normalized spacial score (nSPS) is 30.7. The van der Waals surface area contributed by atoms with Crippen LogP contribution in [0, 0.1) is 0 Å². The van der Waals surface area contributed by atoms with Crippen LogP contribution in [0.3, 0.4) is 0 Å². The highest BCUT2D eigenvalue weighted by Crippen LogP contribution is 2.39. The van der Waals surface area contributed by atoms with Crippen LogP contribution in [-0.2, 0) is 4.74 Å². The molecule has 0 aromatic rings. The number of hydrogen-bond donors (Lipinski definition) is 1. The van der Waals surface area contributed by atoms with Crippen LogP contribution in [0.15, 0.2) is 0 Å². The van der Waals surface area contributed by atoms with Crippen molar-refractivity contribution >= 4 is 0 Å². The average molecular weight is 240 g/mol. The topological polar surface area (TPSA) is 38.5 Å². The molecule has 2 aliphatic rings. The van der Waals surface area contributed by atoms with Crippen LogP contribution < -0.4 is 5.73 Å². The van der Waals surface area contributed by atoms with E-state index in [1.165, 1.54) is 44.9 Å². The molecular weight excluding hydrogens is 212 g/mol. The van der Waals surface area contributed by atoms with E-state index < -0.39 is 0 Å². The van der Waals surface area contributed by atoms with Gasteiger partial charge in [0.25, 0.3) is 0 Å². The number of nitrogens with two attached hydrogens (primary N) is 1. The molecule has 0 aromatic heterocycles. The first-order valence-corrected chi connectivity index (χ1v) is 7.23. The summed E-state index contributed by atoms with van der Waals surface area (Å²) < 4.78 is 6.14. The summed E-state index contributed by atoms with van der Waals surface area (Å²) in [6, 6.07) is 1.15. The lowest BCUT2D eigenvalue weighted by Gasteiger charge is -2.47. The van der Waals surface area contributed by atoms with Gasteiger partial charge < -0.3 is 10.5 Å². The van der Waals surface area contributed by atoms with E-state index in [1.54, 1.807) is 0 Å². The number of likely N-dealkylation sites (N-methyl/N-ethyl adjacent to an activating group) is 1. The van der Waals surface area contributed by atoms with Crippen LogP contribution in [0.2, 0.25) is 0 Å². The van der Waals surface area contributed by atoms with Crippen LogP contribution in [0.5, 0.6) is 0 Å². The molecule has 3 nitrogen and oxygen atoms in total. The lowest BCUT2D eigenvalue weighted by atomic mass is 9.78. The van der Waals surface area contributed by atoms with Gasteiger partial charge in [0.05, 0.1) is 5.60 Å². The first-order chi connectivity index (χ1) is 8.17. The van der Waals surface area contributed by atoms with E-state index in [0.29, 0.717) is 12.1 Å². The zero-order valence-electron chi connectivity index (χ0n) is 11.5. The van der Waals surface area contributed by atoms with E-state index in [9.17, 15) is 0 Å². The first-order valence-electron chi connectivity index (χ1n) is 7.23. The predicted molar refractivity (Wildman–Crippen MR) is 71.1 cm³/mol. The number of rotatable bonds is 3. The maximum atomic E-state index is 6.14. The van der Waals surface area contributed by atoms with Crippen molar-refractivity contribution in [3.05, 3.63) is 0 Å². The van der Waals surface area contributed by atoms with E-state index in [2.05, 4.69) is 18.9 Å². The van der Waals surface area contributed by atoms with Crippen LogP contribution in [0.25, 0.3) is 0 Å². The van der Waals surface area contributed by atoms with Gasteiger partial charge in [-0.15, -0.1) is 0 Å². The van der Waals surface area contributed by atoms with E-state index in [1.807, 2.05) is 0 Å². The summed E-state index contributed by atoms with van der Waals surface area (Å²) in [4.78, 5) is 2.47. The van der Waals surface area contributed by atoms with Gasteiger partial charge in [-0.2, -0.15) is 0 Å². The standard InChI is InChI=1S/C14H28N2O/c1-12(11-15)16(2)13-6-9-17-14(10-13)7-4-3-5-8-14/h12-13H,3-11,15H2,1-2H3. The SMILES string of the molecule is CC(CN)N(C)C1CCOC2(CCCCC2)C1. The highest BCUT2D eigenvalue weighted by Gasteiger charge is 2.39. The zero-order chi connectivity index (χ0) is 12.3. The molecular formula is C14H28N2O. The Labute approximate surface area is 106 Å². The van der Waals surface area contributed by atoms with Gasteiger partial charge in [-0.05, 0) is 39.7 Å². The fourth-order valence-electron chi connectivity index (χ4n) is 3.42. The summed E-state index contributed by atoms with van der Waals surface area (Å²) in [7, 11) is 2.23. The molecule has 0 aromatic carbocycles. The minimum absolute atomic E-state index is 0.212. The van der Waals surface area contributed by atoms with Crippen molar-refractivity contribution in [3.8, 4) is 0 Å². The Morgan fingerprint density at radius 1 is 1.35 bits per heavy atom. The van der Waals surface area contributed by atoms with Crippen LogP contribution in [0.1, 0.15) is 51.9 Å². The molecule has 0 amide bonds. The lowest BCUT2D eigenvalue weighted by molar-refractivity contribution is -0.124. The molecule has 100 valence electrons. The fraction of sp³-hybridized carbons (Fsp3) is 1.00. The average Bonchev–Trinajstić information content (AvgIpc) is 2.38. The summed E-state index contributed by atoms with van der Waals surface area (Å²) in [5, 5.41) is 0. The molecule has 1 spiro atoms. The minimum atomic E-state index is 0.212. The van der Waals surface area contributed by atoms with Gasteiger partial charge in [0.15, 0.2) is 0 Å². The van der Waals surface area contributed by atoms with Crippen LogP contribution in [-0.4, -0.2) is 42.8 Å². The second kappa shape index (κ2) is 5.68. The Balaban J connectivity index is 1.96. The molecule has 2 rings (SSSR count). The van der Waals surface area contributed by atoms with Gasteiger partial charge in [0.2, 0.25) is 0 Å². The molecule has 0 bridgehead atoms. The van der Waals surface area contributed by atoms with Crippen molar-refractivity contribution in [2.45, 2.75) is 69.6 Å². The molecule has 1 heterocycles. The Morgan fingerprint density at radius 3 is 2.71 bits per heavy atom. The van der Waals surface area contributed by atoms with Gasteiger partial charge in [-0.1, -0.05) is 19.3 Å². The Morgan fingerprint density at radius 2 is 2.06 bits per heavy atom. The monoisotopic (exact) mass is 240 g/mol. The number of ether oxygens (including phenoxy) is 1. The Bertz CT molecular complexity index is 233. The quantitative estimate of drug-likeness (QED) is 0.821. The van der Waals surface area contributed by atoms with Gasteiger partial charge in [0.1, 0.15) is 0 Å². The van der Waals surface area contributed by atoms with Crippen molar-refractivity contribution in [1.82, 2.24) is 4.90 Å². The largest absolute Gasteiger partial charge is 0.375 e. The third-order valence-electron chi connectivity index (χ3n) is 4.84. The minimum Gasteiger partial charge on any atom is -0.375 e. The summed E-state index contributed by atoms with van der Waals surface area (Å²) in [6.45, 7) is 3.91. The molecule has 3 heteroatoms. The molecule has 2 fully saturated rings. The van der Waals surface area contributed by atoms with Gasteiger partial charge >= 0.3 is 0 Å². The van der Waals surface area contributed by atoms with Gasteiger partial charge in [0, 0.05) is 25.2 Å². The molecule has 17 heavy (non-hydrogen) atoms. The van der Waals surface area contributed by atoms with E-state index in [-0.39, 0.29) is 5.60 Å². The highest BCUT2D eigenvalue weighted by molar-refractivity contribution is 4.93. The molecule has 1 aliphatic heterocycles. The van der Waals surface area contributed by atoms with Crippen molar-refractivity contribution < 1.29 is 4.74 Å². The maximum Gasteiger partial charge on any atom is 0.0697 e. The predicted octanol–water partition coefficient (Wildman–Crippen LogP) is 2.15.